The zero-order valence-corrected chi connectivity index (χ0v) is 7.10. The lowest BCUT2D eigenvalue weighted by Gasteiger charge is -2.06. The molecule has 0 aromatic heterocycles. The Kier molecular flexibility index (Phi) is 2.74. The number of ketones is 1. The molecule has 0 aromatic rings. The average molecular weight is 159 g/mol. The molecule has 3 heteroatoms. The maximum atomic E-state index is 11.1. The van der Waals surface area contributed by atoms with Gasteiger partial charge in [-0.05, 0) is 20.0 Å². The van der Waals surface area contributed by atoms with Gasteiger partial charge in [0, 0.05) is 18.2 Å². The summed E-state index contributed by atoms with van der Waals surface area (Å²) in [6.07, 6.45) is 1.02. The van der Waals surface area contributed by atoms with Crippen LogP contribution in [0.15, 0.2) is 0 Å². The largest absolute Gasteiger partial charge is 0.306 e. The Morgan fingerprint density at radius 2 is 2.50 bits per heavy atom. The topological polar surface area (TPSA) is 20.3 Å². The van der Waals surface area contributed by atoms with Crippen LogP contribution in [0, 0.1) is 5.92 Å². The van der Waals surface area contributed by atoms with Crippen LogP contribution in [0.1, 0.15) is 6.42 Å². The second-order valence-electron chi connectivity index (χ2n) is 2.87. The van der Waals surface area contributed by atoms with Crippen LogP contribution in [0.25, 0.3) is 0 Å². The van der Waals surface area contributed by atoms with Crippen molar-refractivity contribution in [1.82, 2.24) is 4.90 Å². The Morgan fingerprint density at radius 3 is 2.90 bits per heavy atom. The number of hydrogen-bond donors (Lipinski definition) is 1. The van der Waals surface area contributed by atoms with Gasteiger partial charge in [-0.25, -0.2) is 0 Å². The number of carbonyl (C=O) groups is 1. The number of hydrogen-bond acceptors (Lipinski definition) is 3. The van der Waals surface area contributed by atoms with Crippen LogP contribution < -0.4 is 0 Å². The number of likely N-dealkylation sites (tertiary alicyclic amines) is 1. The lowest BCUT2D eigenvalue weighted by atomic mass is 10.1. The number of thiol groups is 1. The van der Waals surface area contributed by atoms with E-state index in [0.717, 1.165) is 19.5 Å². The minimum atomic E-state index is 0.266. The van der Waals surface area contributed by atoms with Crippen LogP contribution in [0.4, 0.5) is 0 Å². The Hall–Kier alpha value is -0.0200. The summed E-state index contributed by atoms with van der Waals surface area (Å²) < 4.78 is 0. The summed E-state index contributed by atoms with van der Waals surface area (Å²) in [5.41, 5.74) is 0. The van der Waals surface area contributed by atoms with Crippen molar-refractivity contribution in [3.63, 3.8) is 0 Å². The first-order valence-corrected chi connectivity index (χ1v) is 4.19. The van der Waals surface area contributed by atoms with E-state index in [1.165, 1.54) is 0 Å². The molecule has 1 atom stereocenters. The van der Waals surface area contributed by atoms with Crippen molar-refractivity contribution >= 4 is 18.4 Å². The summed E-state index contributed by atoms with van der Waals surface area (Å²) in [7, 11) is 2.05. The van der Waals surface area contributed by atoms with E-state index in [2.05, 4.69) is 17.5 Å². The molecule has 0 N–H and O–H groups in total. The summed E-state index contributed by atoms with van der Waals surface area (Å²) in [6.45, 7) is 1.99. The number of rotatable bonds is 2. The molecule has 0 spiro atoms. The van der Waals surface area contributed by atoms with E-state index in [1.807, 2.05) is 7.05 Å². The molecule has 0 unspecified atom stereocenters. The van der Waals surface area contributed by atoms with Gasteiger partial charge < -0.3 is 4.90 Å². The van der Waals surface area contributed by atoms with Crippen LogP contribution in [-0.2, 0) is 4.79 Å². The molecular formula is C7H13NOS. The molecule has 0 amide bonds. The fourth-order valence-corrected chi connectivity index (χ4v) is 1.59. The average Bonchev–Trinajstić information content (AvgIpc) is 2.34. The van der Waals surface area contributed by atoms with E-state index in [1.54, 1.807) is 0 Å². The molecule has 1 aliphatic heterocycles. The highest BCUT2D eigenvalue weighted by molar-refractivity contribution is 7.81. The molecule has 1 saturated heterocycles. The molecule has 2 nitrogen and oxygen atoms in total. The first kappa shape index (κ1) is 8.08. The maximum absolute atomic E-state index is 11.1. The first-order valence-electron chi connectivity index (χ1n) is 3.56. The molecular weight excluding hydrogens is 146 g/mol. The third-order valence-electron chi connectivity index (χ3n) is 2.00. The standard InChI is InChI=1S/C7H13NOS/c1-8-3-2-6(4-8)7(9)5-10/h6,10H,2-5H2,1H3/t6-/m0/s1. The van der Waals surface area contributed by atoms with Gasteiger partial charge in [-0.1, -0.05) is 0 Å². The van der Waals surface area contributed by atoms with E-state index >= 15 is 0 Å². The monoisotopic (exact) mass is 159 g/mol. The Balaban J connectivity index is 2.37. The van der Waals surface area contributed by atoms with Gasteiger partial charge in [0.25, 0.3) is 0 Å². The van der Waals surface area contributed by atoms with Crippen LogP contribution >= 0.6 is 12.6 Å². The fraction of sp³-hybridized carbons (Fsp3) is 0.857. The predicted molar refractivity (Wildman–Crippen MR) is 44.5 cm³/mol. The fourth-order valence-electron chi connectivity index (χ4n) is 1.33. The van der Waals surface area contributed by atoms with E-state index in [0.29, 0.717) is 11.5 Å². The molecule has 0 aromatic carbocycles. The zero-order chi connectivity index (χ0) is 7.56. The lowest BCUT2D eigenvalue weighted by Crippen LogP contribution is -2.20. The van der Waals surface area contributed by atoms with Crippen molar-refractivity contribution in [2.75, 3.05) is 25.9 Å². The molecule has 10 heavy (non-hydrogen) atoms. The number of nitrogens with zero attached hydrogens (tertiary/aromatic N) is 1. The van der Waals surface area contributed by atoms with Crippen LogP contribution in [-0.4, -0.2) is 36.6 Å². The van der Waals surface area contributed by atoms with Gasteiger partial charge in [0.05, 0.1) is 0 Å². The number of carbonyl (C=O) groups excluding carboxylic acids is 1. The van der Waals surface area contributed by atoms with Gasteiger partial charge in [-0.15, -0.1) is 0 Å². The Bertz CT molecular complexity index is 138. The van der Waals surface area contributed by atoms with E-state index in [-0.39, 0.29) is 5.92 Å². The van der Waals surface area contributed by atoms with Crippen molar-refractivity contribution in [3.8, 4) is 0 Å². The third-order valence-corrected chi connectivity index (χ3v) is 2.31. The minimum absolute atomic E-state index is 0.266. The summed E-state index contributed by atoms with van der Waals surface area (Å²) in [5, 5.41) is 0. The van der Waals surface area contributed by atoms with Gasteiger partial charge in [-0.2, -0.15) is 12.6 Å². The smallest absolute Gasteiger partial charge is 0.146 e. The molecule has 58 valence electrons. The van der Waals surface area contributed by atoms with Gasteiger partial charge in [0.15, 0.2) is 0 Å². The summed E-state index contributed by atoms with van der Waals surface area (Å²) >= 11 is 3.95. The lowest BCUT2D eigenvalue weighted by molar-refractivity contribution is -0.119. The van der Waals surface area contributed by atoms with E-state index in [9.17, 15) is 4.79 Å². The summed E-state index contributed by atoms with van der Waals surface area (Å²) in [6, 6.07) is 0. The molecule has 0 aliphatic carbocycles. The SMILES string of the molecule is CN1CC[C@H](C(=O)CS)C1. The third kappa shape index (κ3) is 1.73. The highest BCUT2D eigenvalue weighted by Crippen LogP contribution is 2.15. The normalized spacial score (nSPS) is 27.2. The maximum Gasteiger partial charge on any atom is 0.146 e. The summed E-state index contributed by atoms with van der Waals surface area (Å²) in [5.74, 6) is 0.966. The molecule has 1 heterocycles. The predicted octanol–water partition coefficient (Wildman–Crippen LogP) is 0.437. The molecule has 1 aliphatic rings. The minimum Gasteiger partial charge on any atom is -0.306 e. The van der Waals surface area contributed by atoms with Gasteiger partial charge in [0.2, 0.25) is 0 Å². The van der Waals surface area contributed by atoms with Crippen LogP contribution in [0.3, 0.4) is 0 Å². The van der Waals surface area contributed by atoms with E-state index in [4.69, 9.17) is 0 Å². The molecule has 1 rings (SSSR count). The Morgan fingerprint density at radius 1 is 1.80 bits per heavy atom. The van der Waals surface area contributed by atoms with Crippen molar-refractivity contribution < 1.29 is 4.79 Å². The molecule has 1 fully saturated rings. The van der Waals surface area contributed by atoms with Gasteiger partial charge in [0.1, 0.15) is 5.78 Å². The second-order valence-corrected chi connectivity index (χ2v) is 3.19. The number of Topliss-reactive ketones (excluding diaryl/α,β-unsaturated/α-hetero) is 1. The van der Waals surface area contributed by atoms with Crippen LogP contribution in [0.2, 0.25) is 0 Å². The summed E-state index contributed by atoms with van der Waals surface area (Å²) in [4.78, 5) is 13.2. The van der Waals surface area contributed by atoms with Gasteiger partial charge in [-0.3, -0.25) is 4.79 Å². The van der Waals surface area contributed by atoms with Crippen molar-refractivity contribution in [2.45, 2.75) is 6.42 Å². The first-order chi connectivity index (χ1) is 4.74. The van der Waals surface area contributed by atoms with Gasteiger partial charge >= 0.3 is 0 Å². The quantitative estimate of drug-likeness (QED) is 0.590. The van der Waals surface area contributed by atoms with Crippen LogP contribution in [0.5, 0.6) is 0 Å². The molecule has 0 radical (unpaired) electrons. The molecule has 0 saturated carbocycles. The highest BCUT2D eigenvalue weighted by atomic mass is 32.1. The van der Waals surface area contributed by atoms with Crippen molar-refractivity contribution in [2.24, 2.45) is 5.92 Å². The molecule has 0 bridgehead atoms. The second kappa shape index (κ2) is 3.39. The highest BCUT2D eigenvalue weighted by Gasteiger charge is 2.24. The Labute approximate surface area is 67.0 Å². The van der Waals surface area contributed by atoms with Crippen molar-refractivity contribution in [3.05, 3.63) is 0 Å². The van der Waals surface area contributed by atoms with Crippen molar-refractivity contribution in [1.29, 1.82) is 0 Å². The zero-order valence-electron chi connectivity index (χ0n) is 6.21. The van der Waals surface area contributed by atoms with E-state index < -0.39 is 0 Å².